The van der Waals surface area contributed by atoms with E-state index >= 15 is 0 Å². The highest BCUT2D eigenvalue weighted by Crippen LogP contribution is 2.29. The summed E-state index contributed by atoms with van der Waals surface area (Å²) in [7, 11) is 0. The Bertz CT molecular complexity index is 183. The van der Waals surface area contributed by atoms with Gasteiger partial charge in [0, 0.05) is 6.08 Å². The molecule has 0 amide bonds. The Labute approximate surface area is 77.4 Å². The zero-order valence-corrected chi connectivity index (χ0v) is 8.15. The molecule has 1 saturated heterocycles. The Morgan fingerprint density at radius 1 is 1.58 bits per heavy atom. The molecule has 0 N–H and O–H groups in total. The Hall–Kier alpha value is -0.440. The smallest absolute Gasteiger partial charge is 0.330 e. The van der Waals surface area contributed by atoms with Crippen LogP contribution in [0.5, 0.6) is 0 Å². The first-order valence-corrected chi connectivity index (χ1v) is 5.25. The number of thioether (sulfide) groups is 1. The van der Waals surface area contributed by atoms with Gasteiger partial charge in [0.05, 0.1) is 0 Å². The lowest BCUT2D eigenvalue weighted by atomic mass is 9.99. The molecule has 0 unspecified atom stereocenters. The van der Waals surface area contributed by atoms with E-state index in [1.165, 1.54) is 6.08 Å². The maximum atomic E-state index is 10.9. The second-order valence-corrected chi connectivity index (χ2v) is 4.41. The third kappa shape index (κ3) is 2.55. The number of carbonyl (C=O) groups excluding carboxylic acids is 1. The van der Waals surface area contributed by atoms with Gasteiger partial charge in [-0.3, -0.25) is 0 Å². The lowest BCUT2D eigenvalue weighted by Crippen LogP contribution is -2.35. The van der Waals surface area contributed by atoms with Gasteiger partial charge in [-0.15, -0.1) is 0 Å². The number of esters is 1. The van der Waals surface area contributed by atoms with E-state index in [1.54, 1.807) is 0 Å². The minimum atomic E-state index is -0.301. The van der Waals surface area contributed by atoms with E-state index in [2.05, 4.69) is 6.58 Å². The van der Waals surface area contributed by atoms with Crippen molar-refractivity contribution in [1.29, 1.82) is 0 Å². The van der Waals surface area contributed by atoms with Crippen molar-refractivity contribution in [3.8, 4) is 0 Å². The maximum absolute atomic E-state index is 10.9. The monoisotopic (exact) mass is 186 g/mol. The fourth-order valence-electron chi connectivity index (χ4n) is 1.19. The first-order valence-electron chi connectivity index (χ1n) is 4.09. The highest BCUT2D eigenvalue weighted by atomic mass is 32.2. The number of hydrogen-bond acceptors (Lipinski definition) is 3. The summed E-state index contributed by atoms with van der Waals surface area (Å²) in [6, 6.07) is 0. The molecule has 1 rings (SSSR count). The van der Waals surface area contributed by atoms with Crippen LogP contribution < -0.4 is 0 Å². The summed E-state index contributed by atoms with van der Waals surface area (Å²) in [5.74, 6) is 1.87. The van der Waals surface area contributed by atoms with Crippen LogP contribution in [0.2, 0.25) is 0 Å². The summed E-state index contributed by atoms with van der Waals surface area (Å²) in [5.41, 5.74) is -0.240. The van der Waals surface area contributed by atoms with Crippen molar-refractivity contribution < 1.29 is 9.53 Å². The molecule has 1 aliphatic rings. The van der Waals surface area contributed by atoms with Crippen LogP contribution in [0.25, 0.3) is 0 Å². The van der Waals surface area contributed by atoms with E-state index in [1.807, 2.05) is 18.7 Å². The van der Waals surface area contributed by atoms with Gasteiger partial charge in [0.2, 0.25) is 0 Å². The molecule has 0 atom stereocenters. The van der Waals surface area contributed by atoms with E-state index in [0.29, 0.717) is 0 Å². The highest BCUT2D eigenvalue weighted by molar-refractivity contribution is 7.99. The normalized spacial score (nSPS) is 21.4. The van der Waals surface area contributed by atoms with Gasteiger partial charge < -0.3 is 4.74 Å². The van der Waals surface area contributed by atoms with E-state index in [-0.39, 0.29) is 11.6 Å². The van der Waals surface area contributed by atoms with Crippen molar-refractivity contribution in [2.75, 3.05) is 11.5 Å². The van der Waals surface area contributed by atoms with Crippen LogP contribution in [-0.4, -0.2) is 23.1 Å². The minimum absolute atomic E-state index is 0.240. The molecule has 12 heavy (non-hydrogen) atoms. The predicted molar refractivity (Wildman–Crippen MR) is 51.3 cm³/mol. The summed E-state index contributed by atoms with van der Waals surface area (Å²) >= 11 is 1.91. The van der Waals surface area contributed by atoms with E-state index in [0.717, 1.165) is 24.3 Å². The van der Waals surface area contributed by atoms with Crippen molar-refractivity contribution in [2.24, 2.45) is 0 Å². The van der Waals surface area contributed by atoms with Gasteiger partial charge in [-0.25, -0.2) is 4.79 Å². The van der Waals surface area contributed by atoms with Crippen molar-refractivity contribution in [3.05, 3.63) is 12.7 Å². The zero-order valence-electron chi connectivity index (χ0n) is 7.34. The SMILES string of the molecule is C=CC(=O)OC1(C)CCSCC1. The Morgan fingerprint density at radius 2 is 2.17 bits per heavy atom. The van der Waals surface area contributed by atoms with Crippen LogP contribution >= 0.6 is 11.8 Å². The van der Waals surface area contributed by atoms with E-state index in [9.17, 15) is 4.79 Å². The Balaban J connectivity index is 2.46. The fourth-order valence-corrected chi connectivity index (χ4v) is 2.55. The summed E-state index contributed by atoms with van der Waals surface area (Å²) in [5, 5.41) is 0. The molecule has 2 nitrogen and oxygen atoms in total. The molecule has 1 fully saturated rings. The molecular weight excluding hydrogens is 172 g/mol. The quantitative estimate of drug-likeness (QED) is 0.487. The van der Waals surface area contributed by atoms with Crippen LogP contribution in [0.15, 0.2) is 12.7 Å². The van der Waals surface area contributed by atoms with Crippen molar-refractivity contribution >= 4 is 17.7 Å². The topological polar surface area (TPSA) is 26.3 Å². The third-order valence-electron chi connectivity index (χ3n) is 2.06. The second kappa shape index (κ2) is 3.99. The number of carbonyl (C=O) groups is 1. The third-order valence-corrected chi connectivity index (χ3v) is 3.05. The molecule has 3 heteroatoms. The van der Waals surface area contributed by atoms with Crippen LogP contribution in [0.3, 0.4) is 0 Å². The molecule has 0 aromatic rings. The average Bonchev–Trinajstić information content (AvgIpc) is 2.05. The number of ether oxygens (including phenoxy) is 1. The molecule has 0 aliphatic carbocycles. The number of rotatable bonds is 2. The van der Waals surface area contributed by atoms with Gasteiger partial charge in [-0.2, -0.15) is 11.8 Å². The summed E-state index contributed by atoms with van der Waals surface area (Å²) in [4.78, 5) is 10.9. The molecule has 0 saturated carbocycles. The van der Waals surface area contributed by atoms with E-state index < -0.39 is 0 Å². The molecule has 1 aliphatic heterocycles. The maximum Gasteiger partial charge on any atom is 0.330 e. The first-order chi connectivity index (χ1) is 5.66. The minimum Gasteiger partial charge on any atom is -0.456 e. The van der Waals surface area contributed by atoms with E-state index in [4.69, 9.17) is 4.74 Å². The van der Waals surface area contributed by atoms with Crippen LogP contribution in [-0.2, 0) is 9.53 Å². The second-order valence-electron chi connectivity index (χ2n) is 3.19. The zero-order chi connectivity index (χ0) is 9.03. The fraction of sp³-hybridized carbons (Fsp3) is 0.667. The molecule has 0 aromatic heterocycles. The molecule has 0 spiro atoms. The summed E-state index contributed by atoms with van der Waals surface area (Å²) < 4.78 is 5.26. The largest absolute Gasteiger partial charge is 0.456 e. The van der Waals surface area contributed by atoms with Gasteiger partial charge in [0.15, 0.2) is 0 Å². The van der Waals surface area contributed by atoms with Gasteiger partial charge in [-0.1, -0.05) is 6.58 Å². The lowest BCUT2D eigenvalue weighted by molar-refractivity contribution is -0.152. The molecule has 1 heterocycles. The van der Waals surface area contributed by atoms with Crippen LogP contribution in [0.4, 0.5) is 0 Å². The molecule has 0 bridgehead atoms. The standard InChI is InChI=1S/C9H14O2S/c1-3-8(10)11-9(2)4-6-12-7-5-9/h3H,1,4-7H2,2H3. The predicted octanol–water partition coefficient (Wildman–Crippen LogP) is 2.00. The van der Waals surface area contributed by atoms with Crippen molar-refractivity contribution in [1.82, 2.24) is 0 Å². The Kier molecular flexibility index (Phi) is 3.20. The van der Waals surface area contributed by atoms with Gasteiger partial charge in [-0.05, 0) is 31.3 Å². The Morgan fingerprint density at radius 3 is 2.67 bits per heavy atom. The summed E-state index contributed by atoms with van der Waals surface area (Å²) in [6.45, 7) is 5.37. The van der Waals surface area contributed by atoms with Gasteiger partial charge in [0.25, 0.3) is 0 Å². The van der Waals surface area contributed by atoms with Gasteiger partial charge in [0.1, 0.15) is 5.60 Å². The average molecular weight is 186 g/mol. The van der Waals surface area contributed by atoms with Crippen molar-refractivity contribution in [3.63, 3.8) is 0 Å². The highest BCUT2D eigenvalue weighted by Gasteiger charge is 2.30. The first kappa shape index (κ1) is 9.65. The lowest BCUT2D eigenvalue weighted by Gasteiger charge is -2.32. The summed E-state index contributed by atoms with van der Waals surface area (Å²) in [6.07, 6.45) is 3.14. The van der Waals surface area contributed by atoms with Crippen molar-refractivity contribution in [2.45, 2.75) is 25.4 Å². The molecular formula is C9H14O2S. The molecule has 0 radical (unpaired) electrons. The van der Waals surface area contributed by atoms with Crippen LogP contribution in [0, 0.1) is 0 Å². The van der Waals surface area contributed by atoms with Crippen LogP contribution in [0.1, 0.15) is 19.8 Å². The number of hydrogen-bond donors (Lipinski definition) is 0. The van der Waals surface area contributed by atoms with Gasteiger partial charge >= 0.3 is 5.97 Å². The molecule has 68 valence electrons. The molecule has 0 aromatic carbocycles.